The molecule has 0 unspecified atom stereocenters. The van der Waals surface area contributed by atoms with Crippen LogP contribution in [0.25, 0.3) is 0 Å². The van der Waals surface area contributed by atoms with Gasteiger partial charge < -0.3 is 11.1 Å². The van der Waals surface area contributed by atoms with Gasteiger partial charge in [0.05, 0.1) is 11.3 Å². The fourth-order valence-electron chi connectivity index (χ4n) is 1.74. The van der Waals surface area contributed by atoms with E-state index in [-0.39, 0.29) is 5.91 Å². The molecule has 2 rings (SSSR count). The van der Waals surface area contributed by atoms with Crippen LogP contribution in [0.1, 0.15) is 21.6 Å². The fraction of sp³-hybridized carbons (Fsp3) is 0.231. The lowest BCUT2D eigenvalue weighted by molar-refractivity contribution is 0.102. The first-order valence-corrected chi connectivity index (χ1v) is 5.65. The Kier molecular flexibility index (Phi) is 3.06. The van der Waals surface area contributed by atoms with Gasteiger partial charge in [-0.15, -0.1) is 0 Å². The van der Waals surface area contributed by atoms with E-state index in [0.717, 1.165) is 5.56 Å². The van der Waals surface area contributed by atoms with Crippen molar-refractivity contribution in [2.24, 2.45) is 7.05 Å². The molecular weight excluding hydrogens is 228 g/mol. The standard InChI is InChI=1S/C13H16N4O/c1-8-4-5-10(6-12(8)14)15-13(18)11-7-17(3)16-9(11)2/h4-7H,14H2,1-3H3,(H,15,18). The smallest absolute Gasteiger partial charge is 0.259 e. The van der Waals surface area contributed by atoms with E-state index in [1.807, 2.05) is 19.1 Å². The van der Waals surface area contributed by atoms with Crippen LogP contribution in [0.4, 0.5) is 11.4 Å². The monoisotopic (exact) mass is 244 g/mol. The third-order valence-electron chi connectivity index (χ3n) is 2.80. The zero-order valence-electron chi connectivity index (χ0n) is 10.7. The van der Waals surface area contributed by atoms with E-state index in [0.29, 0.717) is 22.6 Å². The van der Waals surface area contributed by atoms with Gasteiger partial charge in [-0.25, -0.2) is 0 Å². The number of nitrogens with two attached hydrogens (primary N) is 1. The van der Waals surface area contributed by atoms with E-state index < -0.39 is 0 Å². The second-order valence-electron chi connectivity index (χ2n) is 4.33. The van der Waals surface area contributed by atoms with E-state index in [9.17, 15) is 4.79 Å². The summed E-state index contributed by atoms with van der Waals surface area (Å²) in [5.74, 6) is -0.177. The van der Waals surface area contributed by atoms with Gasteiger partial charge in [-0.3, -0.25) is 9.48 Å². The Morgan fingerprint density at radius 3 is 2.67 bits per heavy atom. The Morgan fingerprint density at radius 1 is 1.39 bits per heavy atom. The summed E-state index contributed by atoms with van der Waals surface area (Å²) in [7, 11) is 1.79. The van der Waals surface area contributed by atoms with Gasteiger partial charge in [0, 0.05) is 24.6 Å². The average molecular weight is 244 g/mol. The molecular formula is C13H16N4O. The van der Waals surface area contributed by atoms with Gasteiger partial charge in [0.2, 0.25) is 0 Å². The van der Waals surface area contributed by atoms with Crippen molar-refractivity contribution in [2.75, 3.05) is 11.1 Å². The maximum absolute atomic E-state index is 12.0. The molecule has 5 heteroatoms. The number of anilines is 2. The largest absolute Gasteiger partial charge is 0.398 e. The number of carbonyl (C=O) groups excluding carboxylic acids is 1. The minimum absolute atomic E-state index is 0.177. The highest BCUT2D eigenvalue weighted by Gasteiger charge is 2.12. The summed E-state index contributed by atoms with van der Waals surface area (Å²) in [6, 6.07) is 5.45. The predicted octanol–water partition coefficient (Wildman–Crippen LogP) is 1.87. The lowest BCUT2D eigenvalue weighted by Gasteiger charge is -2.06. The molecule has 0 bridgehead atoms. The minimum atomic E-state index is -0.177. The molecule has 18 heavy (non-hydrogen) atoms. The van der Waals surface area contributed by atoms with E-state index in [2.05, 4.69) is 10.4 Å². The first-order valence-electron chi connectivity index (χ1n) is 5.65. The van der Waals surface area contributed by atoms with Crippen LogP contribution in [-0.4, -0.2) is 15.7 Å². The highest BCUT2D eigenvalue weighted by atomic mass is 16.1. The Morgan fingerprint density at radius 2 is 2.11 bits per heavy atom. The summed E-state index contributed by atoms with van der Waals surface area (Å²) in [4.78, 5) is 12.0. The average Bonchev–Trinajstić information content (AvgIpc) is 2.63. The number of amides is 1. The van der Waals surface area contributed by atoms with Crippen molar-refractivity contribution >= 4 is 17.3 Å². The summed E-state index contributed by atoms with van der Waals surface area (Å²) in [6.45, 7) is 3.73. The summed E-state index contributed by atoms with van der Waals surface area (Å²) in [5, 5.41) is 6.94. The number of hydrogen-bond acceptors (Lipinski definition) is 3. The van der Waals surface area contributed by atoms with E-state index in [1.54, 1.807) is 30.9 Å². The fourth-order valence-corrected chi connectivity index (χ4v) is 1.74. The van der Waals surface area contributed by atoms with Crippen molar-refractivity contribution in [1.29, 1.82) is 0 Å². The zero-order chi connectivity index (χ0) is 13.3. The molecule has 2 aromatic rings. The number of hydrogen-bond donors (Lipinski definition) is 2. The number of nitrogens with one attached hydrogen (secondary N) is 1. The van der Waals surface area contributed by atoms with Gasteiger partial charge in [0.1, 0.15) is 0 Å². The summed E-state index contributed by atoms with van der Waals surface area (Å²) in [6.07, 6.45) is 1.70. The van der Waals surface area contributed by atoms with Crippen molar-refractivity contribution in [3.63, 3.8) is 0 Å². The molecule has 1 aromatic carbocycles. The normalized spacial score (nSPS) is 10.4. The number of rotatable bonds is 2. The lowest BCUT2D eigenvalue weighted by Crippen LogP contribution is -2.12. The Bertz CT molecular complexity index is 601. The van der Waals surface area contributed by atoms with E-state index in [4.69, 9.17) is 5.73 Å². The summed E-state index contributed by atoms with van der Waals surface area (Å²) < 4.78 is 1.62. The van der Waals surface area contributed by atoms with Crippen LogP contribution in [0.2, 0.25) is 0 Å². The van der Waals surface area contributed by atoms with Gasteiger partial charge >= 0.3 is 0 Å². The quantitative estimate of drug-likeness (QED) is 0.792. The molecule has 0 atom stereocenters. The topological polar surface area (TPSA) is 72.9 Å². The Labute approximate surface area is 106 Å². The minimum Gasteiger partial charge on any atom is -0.398 e. The van der Waals surface area contributed by atoms with Crippen molar-refractivity contribution in [2.45, 2.75) is 13.8 Å². The van der Waals surface area contributed by atoms with Crippen molar-refractivity contribution in [3.8, 4) is 0 Å². The summed E-state index contributed by atoms with van der Waals surface area (Å²) in [5.41, 5.74) is 9.41. The van der Waals surface area contributed by atoms with E-state index >= 15 is 0 Å². The molecule has 5 nitrogen and oxygen atoms in total. The van der Waals surface area contributed by atoms with Gasteiger partial charge in [-0.1, -0.05) is 6.07 Å². The van der Waals surface area contributed by atoms with Crippen LogP contribution in [0.3, 0.4) is 0 Å². The van der Waals surface area contributed by atoms with Crippen molar-refractivity contribution in [1.82, 2.24) is 9.78 Å². The van der Waals surface area contributed by atoms with E-state index in [1.165, 1.54) is 0 Å². The molecule has 1 amide bonds. The molecule has 3 N–H and O–H groups in total. The first-order chi connectivity index (χ1) is 8.47. The number of aromatic nitrogens is 2. The molecule has 1 aromatic heterocycles. The molecule has 0 saturated heterocycles. The van der Waals surface area contributed by atoms with Gasteiger partial charge in [-0.05, 0) is 31.5 Å². The van der Waals surface area contributed by atoms with Gasteiger partial charge in [0.25, 0.3) is 5.91 Å². The molecule has 0 radical (unpaired) electrons. The number of benzene rings is 1. The van der Waals surface area contributed by atoms with Crippen molar-refractivity contribution < 1.29 is 4.79 Å². The van der Waals surface area contributed by atoms with Crippen LogP contribution in [0.15, 0.2) is 24.4 Å². The molecule has 0 aliphatic rings. The second kappa shape index (κ2) is 4.52. The molecule has 0 saturated carbocycles. The number of nitrogen functional groups attached to an aromatic ring is 1. The van der Waals surface area contributed by atoms with Gasteiger partial charge in [0.15, 0.2) is 0 Å². The second-order valence-corrected chi connectivity index (χ2v) is 4.33. The Hall–Kier alpha value is -2.30. The molecule has 1 heterocycles. The molecule has 94 valence electrons. The first kappa shape index (κ1) is 12.2. The summed E-state index contributed by atoms with van der Waals surface area (Å²) >= 11 is 0. The maximum atomic E-state index is 12.0. The Balaban J connectivity index is 2.21. The van der Waals surface area contributed by atoms with Crippen LogP contribution in [0.5, 0.6) is 0 Å². The van der Waals surface area contributed by atoms with Crippen molar-refractivity contribution in [3.05, 3.63) is 41.2 Å². The molecule has 0 aliphatic carbocycles. The third-order valence-corrected chi connectivity index (χ3v) is 2.80. The highest BCUT2D eigenvalue weighted by Crippen LogP contribution is 2.18. The van der Waals surface area contributed by atoms with Crippen LogP contribution >= 0.6 is 0 Å². The lowest BCUT2D eigenvalue weighted by atomic mass is 10.2. The molecule has 0 aliphatic heterocycles. The molecule has 0 spiro atoms. The third kappa shape index (κ3) is 2.34. The number of nitrogens with zero attached hydrogens (tertiary/aromatic N) is 2. The number of carbonyl (C=O) groups is 1. The maximum Gasteiger partial charge on any atom is 0.259 e. The van der Waals surface area contributed by atoms with Crippen LogP contribution in [-0.2, 0) is 7.05 Å². The van der Waals surface area contributed by atoms with Crippen LogP contribution < -0.4 is 11.1 Å². The van der Waals surface area contributed by atoms with Gasteiger partial charge in [-0.2, -0.15) is 5.10 Å². The SMILES string of the molecule is Cc1ccc(NC(=O)c2cn(C)nc2C)cc1N. The van der Waals surface area contributed by atoms with Crippen LogP contribution in [0, 0.1) is 13.8 Å². The zero-order valence-corrected chi connectivity index (χ0v) is 10.7. The molecule has 0 fully saturated rings. The number of aryl methyl sites for hydroxylation is 3. The predicted molar refractivity (Wildman–Crippen MR) is 71.5 cm³/mol. The highest BCUT2D eigenvalue weighted by molar-refractivity contribution is 6.05.